The average molecular weight is 952 g/mol. The number of nitrogens with zero attached hydrogens (tertiary/aromatic N) is 3. The number of amides is 4. The normalized spacial score (nSPS) is 11.4. The van der Waals surface area contributed by atoms with Crippen molar-refractivity contribution in [3.8, 4) is 63.0 Å². The van der Waals surface area contributed by atoms with Gasteiger partial charge in [0.2, 0.25) is 12.1 Å². The van der Waals surface area contributed by atoms with Gasteiger partial charge >= 0.3 is 12.1 Å². The van der Waals surface area contributed by atoms with E-state index >= 15 is 0 Å². The predicted octanol–water partition coefficient (Wildman–Crippen LogP) is 7.78. The number of hydrogen-bond acceptors (Lipinski definition) is 13. The first-order valence-corrected chi connectivity index (χ1v) is 23.1. The van der Waals surface area contributed by atoms with Crippen LogP contribution in [-0.2, 0) is 20.0 Å². The highest BCUT2D eigenvalue weighted by Gasteiger charge is 2.29. The van der Waals surface area contributed by atoms with E-state index < -0.39 is 53.0 Å². The Morgan fingerprint density at radius 2 is 1.09 bits per heavy atom. The highest BCUT2D eigenvalue weighted by Crippen LogP contribution is 2.33. The SMILES string of the molecule is COc1ccc(-c2cccc(Oc3cc[n+]([O-])cc3S(=O)(=O)NC(=O)NC(C)(C)C)c2)cc1.COc1ccc(-c2cccc(Oc3ncc(C#N)cc3S(=O)(=O)NC(=O)NC(C)(C)C)c2)cc1. The van der Waals surface area contributed by atoms with Crippen molar-refractivity contribution in [2.75, 3.05) is 14.2 Å². The van der Waals surface area contributed by atoms with Gasteiger partial charge in [-0.15, -0.1) is 0 Å². The van der Waals surface area contributed by atoms with Crippen molar-refractivity contribution in [1.82, 2.24) is 25.1 Å². The molecule has 2 heterocycles. The van der Waals surface area contributed by atoms with Crippen molar-refractivity contribution in [2.45, 2.75) is 62.4 Å². The maximum absolute atomic E-state index is 12.9. The van der Waals surface area contributed by atoms with E-state index in [1.165, 1.54) is 12.3 Å². The fourth-order valence-corrected chi connectivity index (χ4v) is 7.90. The lowest BCUT2D eigenvalue weighted by molar-refractivity contribution is -0.607. The first kappa shape index (κ1) is 50.1. The monoisotopic (exact) mass is 951 g/mol. The van der Waals surface area contributed by atoms with Crippen LogP contribution in [0.3, 0.4) is 0 Å². The van der Waals surface area contributed by atoms with Crippen LogP contribution in [0.5, 0.6) is 34.6 Å². The number of ether oxygens (including phenoxy) is 4. The fourth-order valence-electron chi connectivity index (χ4n) is 5.86. The van der Waals surface area contributed by atoms with E-state index in [0.717, 1.165) is 52.2 Å². The van der Waals surface area contributed by atoms with Gasteiger partial charge in [0.25, 0.3) is 20.0 Å². The van der Waals surface area contributed by atoms with Crippen LogP contribution in [0.25, 0.3) is 22.3 Å². The molecular formula is C47H49N7O11S2. The van der Waals surface area contributed by atoms with Gasteiger partial charge in [-0.25, -0.2) is 40.9 Å². The molecule has 0 aliphatic rings. The van der Waals surface area contributed by atoms with E-state index in [4.69, 9.17) is 18.9 Å². The van der Waals surface area contributed by atoms with Gasteiger partial charge < -0.3 is 34.8 Å². The number of sulfonamides is 2. The lowest BCUT2D eigenvalue weighted by atomic mass is 10.1. The molecule has 4 aromatic carbocycles. The second-order valence-electron chi connectivity index (χ2n) is 16.5. The summed E-state index contributed by atoms with van der Waals surface area (Å²) in [5, 5.41) is 26.0. The van der Waals surface area contributed by atoms with E-state index in [-0.39, 0.29) is 17.2 Å². The molecule has 0 radical (unpaired) electrons. The first-order chi connectivity index (χ1) is 31.5. The minimum absolute atomic E-state index is 0.00376. The Morgan fingerprint density at radius 1 is 0.627 bits per heavy atom. The summed E-state index contributed by atoms with van der Waals surface area (Å²) in [4.78, 5) is 27.4. The second kappa shape index (κ2) is 21.0. The van der Waals surface area contributed by atoms with Crippen molar-refractivity contribution < 1.29 is 50.1 Å². The molecule has 0 bridgehead atoms. The Balaban J connectivity index is 0.000000251. The van der Waals surface area contributed by atoms with Crippen LogP contribution in [0.1, 0.15) is 47.1 Å². The minimum Gasteiger partial charge on any atom is -0.619 e. The van der Waals surface area contributed by atoms with Crippen LogP contribution in [0.4, 0.5) is 9.59 Å². The maximum atomic E-state index is 12.9. The number of methoxy groups -OCH3 is 2. The van der Waals surface area contributed by atoms with Gasteiger partial charge in [0.1, 0.15) is 29.1 Å². The number of hydrogen-bond donors (Lipinski definition) is 4. The highest BCUT2D eigenvalue weighted by molar-refractivity contribution is 7.90. The second-order valence-corrected chi connectivity index (χ2v) is 19.8. The predicted molar refractivity (Wildman–Crippen MR) is 249 cm³/mol. The lowest BCUT2D eigenvalue weighted by Gasteiger charge is -2.21. The molecule has 4 N–H and O–H groups in total. The molecule has 6 rings (SSSR count). The third-order valence-corrected chi connectivity index (χ3v) is 11.4. The van der Waals surface area contributed by atoms with E-state index in [9.17, 15) is 36.9 Å². The smallest absolute Gasteiger partial charge is 0.329 e. The molecule has 20 heteroatoms. The zero-order valence-electron chi connectivity index (χ0n) is 37.8. The Kier molecular flexibility index (Phi) is 15.7. The third kappa shape index (κ3) is 14.6. The number of nitrogens with one attached hydrogen (secondary N) is 4. The zero-order valence-corrected chi connectivity index (χ0v) is 39.4. The number of urea groups is 2. The molecular weight excluding hydrogens is 903 g/mol. The average Bonchev–Trinajstić information content (AvgIpc) is 3.26. The lowest BCUT2D eigenvalue weighted by Crippen LogP contribution is -2.48. The van der Waals surface area contributed by atoms with Gasteiger partial charge in [0, 0.05) is 23.3 Å². The van der Waals surface area contributed by atoms with Crippen molar-refractivity contribution >= 4 is 32.1 Å². The molecule has 18 nitrogen and oxygen atoms in total. The van der Waals surface area contributed by atoms with Gasteiger partial charge in [-0.1, -0.05) is 48.5 Å². The van der Waals surface area contributed by atoms with Crippen LogP contribution >= 0.6 is 0 Å². The largest absolute Gasteiger partial charge is 0.619 e. The minimum atomic E-state index is -4.40. The molecule has 6 aromatic rings. The summed E-state index contributed by atoms with van der Waals surface area (Å²) in [7, 11) is -5.63. The van der Waals surface area contributed by atoms with Crippen LogP contribution in [-0.4, -0.2) is 59.2 Å². The van der Waals surface area contributed by atoms with E-state index in [2.05, 4.69) is 15.6 Å². The van der Waals surface area contributed by atoms with Gasteiger partial charge in [-0.3, -0.25) is 0 Å². The summed E-state index contributed by atoms with van der Waals surface area (Å²) >= 11 is 0. The molecule has 0 saturated carbocycles. The molecule has 0 aliphatic carbocycles. The Morgan fingerprint density at radius 3 is 1.54 bits per heavy atom. The molecule has 0 fully saturated rings. The fraction of sp³-hybridized carbons (Fsp3) is 0.213. The molecule has 4 amide bonds. The van der Waals surface area contributed by atoms with Gasteiger partial charge in [0.05, 0.1) is 19.8 Å². The summed E-state index contributed by atoms with van der Waals surface area (Å²) in [6, 6.07) is 31.2. The standard InChI is InChI=1S/C24H24N4O5S.C23H25N3O6S/c1-24(2,3)27-23(29)28-34(30,31)21-12-16(14-25)15-26-22(21)33-20-7-5-6-18(13-20)17-8-10-19(32-4)11-9-17;1-23(2,3)24-22(27)25-33(29,30)21-15-26(28)13-12-20(21)32-19-7-5-6-17(14-19)16-8-10-18(31-4)11-9-16/h5-13,15H,1-4H3,(H2,27,28,29);5-15H,1-4H3,(H2,24,25,27). The molecule has 0 unspecified atom stereocenters. The Bertz CT molecular complexity index is 3000. The molecule has 350 valence electrons. The van der Waals surface area contributed by atoms with E-state index in [1.54, 1.807) is 92.2 Å². The van der Waals surface area contributed by atoms with Gasteiger partial charge in [-0.2, -0.15) is 9.99 Å². The molecule has 2 aromatic heterocycles. The molecule has 0 atom stereocenters. The Labute approximate surface area is 389 Å². The van der Waals surface area contributed by atoms with E-state index in [1.807, 2.05) is 76.2 Å². The van der Waals surface area contributed by atoms with Crippen LogP contribution in [0, 0.1) is 16.5 Å². The van der Waals surface area contributed by atoms with Crippen molar-refractivity contribution in [2.24, 2.45) is 0 Å². The van der Waals surface area contributed by atoms with Gasteiger partial charge in [0.15, 0.2) is 21.7 Å². The summed E-state index contributed by atoms with van der Waals surface area (Å²) in [5.74, 6) is 1.73. The highest BCUT2D eigenvalue weighted by atomic mass is 32.2. The van der Waals surface area contributed by atoms with Crippen molar-refractivity contribution in [1.29, 1.82) is 5.26 Å². The molecule has 0 aliphatic heterocycles. The number of nitriles is 1. The van der Waals surface area contributed by atoms with Crippen LogP contribution < -0.4 is 43.8 Å². The van der Waals surface area contributed by atoms with Crippen molar-refractivity contribution in [3.63, 3.8) is 0 Å². The summed E-state index contributed by atoms with van der Waals surface area (Å²) in [6.45, 7) is 10.2. The van der Waals surface area contributed by atoms with Gasteiger partial charge in [-0.05, 0) is 118 Å². The number of aromatic nitrogens is 2. The summed E-state index contributed by atoms with van der Waals surface area (Å²) in [6.07, 6.45) is 3.13. The van der Waals surface area contributed by atoms with E-state index in [0.29, 0.717) is 16.2 Å². The maximum Gasteiger partial charge on any atom is 0.329 e. The first-order valence-electron chi connectivity index (χ1n) is 20.1. The topological polar surface area (TPSA) is 251 Å². The zero-order chi connectivity index (χ0) is 49.2. The molecule has 0 spiro atoms. The number of carbonyl (C=O) groups excluding carboxylic acids is 2. The third-order valence-electron chi connectivity index (χ3n) is 8.77. The Hall–Kier alpha value is -7.89. The summed E-state index contributed by atoms with van der Waals surface area (Å²) in [5.41, 5.74) is 2.13. The van der Waals surface area contributed by atoms with Crippen LogP contribution in [0.2, 0.25) is 0 Å². The summed E-state index contributed by atoms with van der Waals surface area (Å²) < 4.78 is 77.6. The quantitative estimate of drug-likeness (QED) is 0.0676. The number of pyridine rings is 2. The van der Waals surface area contributed by atoms with Crippen LogP contribution in [0.15, 0.2) is 138 Å². The number of rotatable bonds is 12. The number of benzene rings is 4. The number of carbonyl (C=O) groups is 2. The molecule has 0 saturated heterocycles. The van der Waals surface area contributed by atoms with Crippen molar-refractivity contribution in [3.05, 3.63) is 139 Å². The molecule has 67 heavy (non-hydrogen) atoms.